The minimum Gasteiger partial charge on any atom is -0.380 e. The molecule has 1 aliphatic heterocycles. The molecule has 2 rings (SSSR count). The third kappa shape index (κ3) is 3.25. The van der Waals surface area contributed by atoms with Gasteiger partial charge in [-0.2, -0.15) is 0 Å². The quantitative estimate of drug-likeness (QED) is 0.792. The van der Waals surface area contributed by atoms with Gasteiger partial charge in [0.2, 0.25) is 0 Å². The topological polar surface area (TPSA) is 63.7 Å². The maximum atomic E-state index is 12.3. The molecular weight excluding hydrogens is 325 g/mol. The molecule has 1 aromatic rings. The molecule has 0 radical (unpaired) electrons. The van der Waals surface area contributed by atoms with Gasteiger partial charge >= 0.3 is 0 Å². The molecular formula is C12H13Cl2NO4S. The van der Waals surface area contributed by atoms with Crippen molar-refractivity contribution >= 4 is 37.2 Å². The summed E-state index contributed by atoms with van der Waals surface area (Å²) in [6.45, 7) is 1.06. The molecule has 0 bridgehead atoms. The maximum absolute atomic E-state index is 12.3. The van der Waals surface area contributed by atoms with Crippen molar-refractivity contribution < 1.29 is 17.9 Å². The summed E-state index contributed by atoms with van der Waals surface area (Å²) in [5.41, 5.74) is 0.241. The molecule has 0 aromatic heterocycles. The van der Waals surface area contributed by atoms with E-state index in [0.29, 0.717) is 13.1 Å². The zero-order chi connectivity index (χ0) is 14.9. The molecule has 0 aliphatic carbocycles. The van der Waals surface area contributed by atoms with Crippen molar-refractivity contribution in [2.24, 2.45) is 0 Å². The highest BCUT2D eigenvalue weighted by Gasteiger charge is 2.27. The van der Waals surface area contributed by atoms with Crippen LogP contribution >= 0.6 is 22.3 Å². The predicted molar refractivity (Wildman–Crippen MR) is 75.8 cm³/mol. The number of nitrogens with zero attached hydrogens (tertiary/aromatic N) is 1. The minimum atomic E-state index is -3.98. The first-order chi connectivity index (χ1) is 9.32. The standard InChI is InChI=1S/C12H13Cl2NO4S/c1-19-9-4-5-15(7-9)12(16)8-2-3-10(13)11(6-8)20(14,17)18/h2-3,6,9H,4-5,7H2,1H3. The highest BCUT2D eigenvalue weighted by molar-refractivity contribution is 8.13. The van der Waals surface area contributed by atoms with E-state index in [9.17, 15) is 13.2 Å². The lowest BCUT2D eigenvalue weighted by atomic mass is 10.2. The zero-order valence-corrected chi connectivity index (χ0v) is 13.0. The van der Waals surface area contributed by atoms with Gasteiger partial charge in [-0.3, -0.25) is 4.79 Å². The summed E-state index contributed by atoms with van der Waals surface area (Å²) >= 11 is 5.78. The number of halogens is 2. The van der Waals surface area contributed by atoms with E-state index >= 15 is 0 Å². The molecule has 8 heteroatoms. The molecule has 1 atom stereocenters. The molecule has 1 heterocycles. The van der Waals surface area contributed by atoms with E-state index in [4.69, 9.17) is 27.0 Å². The van der Waals surface area contributed by atoms with E-state index in [2.05, 4.69) is 0 Å². The first kappa shape index (κ1) is 15.6. The monoisotopic (exact) mass is 337 g/mol. The van der Waals surface area contributed by atoms with E-state index in [1.165, 1.54) is 18.2 Å². The Morgan fingerprint density at radius 3 is 2.70 bits per heavy atom. The zero-order valence-electron chi connectivity index (χ0n) is 10.7. The van der Waals surface area contributed by atoms with Gasteiger partial charge in [0.25, 0.3) is 15.0 Å². The molecule has 1 aliphatic rings. The summed E-state index contributed by atoms with van der Waals surface area (Å²) in [6.07, 6.45) is 0.777. The number of amides is 1. The Bertz CT molecular complexity index is 632. The second kappa shape index (κ2) is 5.89. The van der Waals surface area contributed by atoms with Crippen molar-refractivity contribution in [1.82, 2.24) is 4.90 Å². The second-order valence-electron chi connectivity index (χ2n) is 4.48. The number of carbonyl (C=O) groups is 1. The number of carbonyl (C=O) groups excluding carboxylic acids is 1. The minimum absolute atomic E-state index is 0.00672. The fourth-order valence-electron chi connectivity index (χ4n) is 2.11. The fourth-order valence-corrected chi connectivity index (χ4v) is 3.60. The summed E-state index contributed by atoms with van der Waals surface area (Å²) in [7, 11) is 2.90. The van der Waals surface area contributed by atoms with Crippen molar-refractivity contribution in [1.29, 1.82) is 0 Å². The molecule has 20 heavy (non-hydrogen) atoms. The average Bonchev–Trinajstić information content (AvgIpc) is 2.86. The van der Waals surface area contributed by atoms with Crippen LogP contribution in [0.15, 0.2) is 23.1 Å². The highest BCUT2D eigenvalue weighted by Crippen LogP contribution is 2.27. The van der Waals surface area contributed by atoms with Gasteiger partial charge in [0.1, 0.15) is 4.90 Å². The molecule has 110 valence electrons. The normalized spacial score (nSPS) is 19.4. The molecule has 0 spiro atoms. The molecule has 0 saturated carbocycles. The van der Waals surface area contributed by atoms with Crippen LogP contribution in [0.2, 0.25) is 5.02 Å². The Balaban J connectivity index is 2.28. The Labute approximate surface area is 126 Å². The number of rotatable bonds is 3. The summed E-state index contributed by atoms with van der Waals surface area (Å²) in [6, 6.07) is 4.04. The Morgan fingerprint density at radius 2 is 2.15 bits per heavy atom. The average molecular weight is 338 g/mol. The van der Waals surface area contributed by atoms with E-state index in [1.54, 1.807) is 12.0 Å². The number of likely N-dealkylation sites (tertiary alicyclic amines) is 1. The number of hydrogen-bond acceptors (Lipinski definition) is 4. The van der Waals surface area contributed by atoms with Crippen LogP contribution in [0.25, 0.3) is 0 Å². The van der Waals surface area contributed by atoms with E-state index in [0.717, 1.165) is 6.42 Å². The van der Waals surface area contributed by atoms with Crippen LogP contribution in [0, 0.1) is 0 Å². The van der Waals surface area contributed by atoms with Crippen LogP contribution in [-0.4, -0.2) is 45.5 Å². The number of ether oxygens (including phenoxy) is 1. The molecule has 1 unspecified atom stereocenters. The molecule has 1 aromatic carbocycles. The van der Waals surface area contributed by atoms with Gasteiger partial charge in [-0.1, -0.05) is 11.6 Å². The molecule has 1 fully saturated rings. The van der Waals surface area contributed by atoms with Crippen molar-refractivity contribution in [3.05, 3.63) is 28.8 Å². The van der Waals surface area contributed by atoms with Crippen molar-refractivity contribution in [2.75, 3.05) is 20.2 Å². The Hall–Kier alpha value is -0.820. The largest absolute Gasteiger partial charge is 0.380 e. The lowest BCUT2D eigenvalue weighted by molar-refractivity contribution is 0.0724. The van der Waals surface area contributed by atoms with E-state index in [-0.39, 0.29) is 27.5 Å². The third-order valence-corrected chi connectivity index (χ3v) is 5.01. The highest BCUT2D eigenvalue weighted by atomic mass is 35.7. The summed E-state index contributed by atoms with van der Waals surface area (Å²) < 4.78 is 28.0. The van der Waals surface area contributed by atoms with Crippen LogP contribution in [0.4, 0.5) is 0 Å². The SMILES string of the molecule is COC1CCN(C(=O)c2ccc(Cl)c(S(=O)(=O)Cl)c2)C1. The molecule has 1 amide bonds. The second-order valence-corrected chi connectivity index (χ2v) is 7.42. The fraction of sp³-hybridized carbons (Fsp3) is 0.417. The first-order valence-electron chi connectivity index (χ1n) is 5.89. The summed E-state index contributed by atoms with van der Waals surface area (Å²) in [5, 5.41) is -0.00672. The Kier molecular flexibility index (Phi) is 4.59. The summed E-state index contributed by atoms with van der Waals surface area (Å²) in [4.78, 5) is 13.6. The van der Waals surface area contributed by atoms with Crippen molar-refractivity contribution in [3.8, 4) is 0 Å². The van der Waals surface area contributed by atoms with Gasteiger partial charge < -0.3 is 9.64 Å². The molecule has 1 saturated heterocycles. The molecule has 5 nitrogen and oxygen atoms in total. The van der Waals surface area contributed by atoms with Crippen LogP contribution in [0.3, 0.4) is 0 Å². The van der Waals surface area contributed by atoms with Gasteiger partial charge in [-0.15, -0.1) is 0 Å². The van der Waals surface area contributed by atoms with Crippen LogP contribution in [0.1, 0.15) is 16.8 Å². The van der Waals surface area contributed by atoms with E-state index < -0.39 is 9.05 Å². The predicted octanol–water partition coefficient (Wildman–Crippen LogP) is 2.13. The number of hydrogen-bond donors (Lipinski definition) is 0. The smallest absolute Gasteiger partial charge is 0.262 e. The number of methoxy groups -OCH3 is 1. The van der Waals surface area contributed by atoms with Gasteiger partial charge in [0.05, 0.1) is 11.1 Å². The summed E-state index contributed by atoms with van der Waals surface area (Å²) in [5.74, 6) is -0.261. The van der Waals surface area contributed by atoms with Gasteiger partial charge in [-0.25, -0.2) is 8.42 Å². The lowest BCUT2D eigenvalue weighted by Gasteiger charge is -2.16. The van der Waals surface area contributed by atoms with Gasteiger partial charge in [0.15, 0.2) is 0 Å². The maximum Gasteiger partial charge on any atom is 0.262 e. The van der Waals surface area contributed by atoms with Crippen LogP contribution in [0.5, 0.6) is 0 Å². The van der Waals surface area contributed by atoms with Gasteiger partial charge in [0, 0.05) is 36.4 Å². The van der Waals surface area contributed by atoms with Crippen LogP contribution in [-0.2, 0) is 13.8 Å². The molecule has 0 N–H and O–H groups in total. The first-order valence-corrected chi connectivity index (χ1v) is 8.58. The van der Waals surface area contributed by atoms with Crippen molar-refractivity contribution in [3.63, 3.8) is 0 Å². The Morgan fingerprint density at radius 1 is 1.45 bits per heavy atom. The van der Waals surface area contributed by atoms with Gasteiger partial charge in [-0.05, 0) is 24.6 Å². The number of benzene rings is 1. The van der Waals surface area contributed by atoms with Crippen molar-refractivity contribution in [2.45, 2.75) is 17.4 Å². The lowest BCUT2D eigenvalue weighted by Crippen LogP contribution is -2.30. The third-order valence-electron chi connectivity index (χ3n) is 3.21. The van der Waals surface area contributed by atoms with E-state index in [1.807, 2.05) is 0 Å². The van der Waals surface area contributed by atoms with Crippen LogP contribution < -0.4 is 0 Å².